The Bertz CT molecular complexity index is 254. The molecule has 0 fully saturated rings. The van der Waals surface area contributed by atoms with Gasteiger partial charge in [-0.1, -0.05) is 19.9 Å². The summed E-state index contributed by atoms with van der Waals surface area (Å²) in [7, 11) is 0. The van der Waals surface area contributed by atoms with Gasteiger partial charge in [0.25, 0.3) is 0 Å². The Morgan fingerprint density at radius 3 is 2.27 bits per heavy atom. The van der Waals surface area contributed by atoms with E-state index in [0.717, 1.165) is 12.0 Å². The predicted octanol–water partition coefficient (Wildman–Crippen LogP) is 2.93. The Labute approximate surface area is 64.9 Å². The van der Waals surface area contributed by atoms with Crippen LogP contribution in [0.15, 0.2) is 18.2 Å². The van der Waals surface area contributed by atoms with E-state index in [9.17, 15) is 8.78 Å². The van der Waals surface area contributed by atoms with Crippen molar-refractivity contribution in [1.29, 1.82) is 0 Å². The number of hydrogen-bond donors (Lipinski definition) is 0. The zero-order valence-corrected chi connectivity index (χ0v) is 6.49. The molecule has 0 aliphatic heterocycles. The lowest BCUT2D eigenvalue weighted by molar-refractivity contribution is 0.576. The highest BCUT2D eigenvalue weighted by molar-refractivity contribution is 5.29. The average molecular weight is 155 g/mol. The molecule has 0 saturated carbocycles. The van der Waals surface area contributed by atoms with Gasteiger partial charge in [0.05, 0.1) is 0 Å². The van der Waals surface area contributed by atoms with Gasteiger partial charge in [-0.15, -0.1) is 0 Å². The minimum absolute atomic E-state index is 0.478. The molecule has 1 aromatic rings. The highest BCUT2D eigenvalue weighted by atomic mass is 19.1. The van der Waals surface area contributed by atoms with Crippen molar-refractivity contribution in [1.82, 2.24) is 0 Å². The van der Waals surface area contributed by atoms with Crippen LogP contribution in [0, 0.1) is 17.6 Å². The highest BCUT2D eigenvalue weighted by Crippen LogP contribution is 2.17. The first-order valence-electron chi connectivity index (χ1n) is 3.37. The van der Waals surface area contributed by atoms with Gasteiger partial charge in [0.2, 0.25) is 0 Å². The van der Waals surface area contributed by atoms with E-state index in [1.54, 1.807) is 13.8 Å². The normalized spacial score (nSPS) is 10.6. The summed E-state index contributed by atoms with van der Waals surface area (Å²) in [5.41, 5.74) is 0.478. The predicted molar refractivity (Wildman–Crippen MR) is 40.1 cm³/mol. The van der Waals surface area contributed by atoms with Crippen LogP contribution < -0.4 is 0 Å². The first kappa shape index (κ1) is 8.18. The van der Waals surface area contributed by atoms with E-state index in [1.165, 1.54) is 12.1 Å². The van der Waals surface area contributed by atoms with Gasteiger partial charge in [-0.05, 0) is 11.6 Å². The molecule has 0 bridgehead atoms. The third-order valence-corrected chi connectivity index (χ3v) is 1.47. The molecule has 1 rings (SSSR count). The van der Waals surface area contributed by atoms with E-state index in [0.29, 0.717) is 5.56 Å². The minimum atomic E-state index is -0.535. The lowest BCUT2D eigenvalue weighted by Crippen LogP contribution is -1.93. The summed E-state index contributed by atoms with van der Waals surface area (Å²) in [6.07, 6.45) is 0. The summed E-state index contributed by atoms with van der Waals surface area (Å²) in [6.45, 7) is 3.58. The summed E-state index contributed by atoms with van der Waals surface area (Å²) in [5.74, 6) is -0.181. The Morgan fingerprint density at radius 2 is 1.82 bits per heavy atom. The van der Waals surface area contributed by atoms with Crippen LogP contribution in [-0.2, 0) is 0 Å². The van der Waals surface area contributed by atoms with Gasteiger partial charge in [-0.2, -0.15) is 0 Å². The first-order chi connectivity index (χ1) is 5.11. The van der Waals surface area contributed by atoms with E-state index in [-0.39, 0.29) is 0 Å². The third kappa shape index (κ3) is 1.76. The van der Waals surface area contributed by atoms with Crippen molar-refractivity contribution in [2.24, 2.45) is 0 Å². The van der Waals surface area contributed by atoms with Crippen molar-refractivity contribution in [2.45, 2.75) is 13.8 Å². The van der Waals surface area contributed by atoms with E-state index in [2.05, 4.69) is 0 Å². The van der Waals surface area contributed by atoms with Gasteiger partial charge in [0.1, 0.15) is 11.6 Å². The monoisotopic (exact) mass is 155 g/mol. The molecule has 11 heavy (non-hydrogen) atoms. The average Bonchev–Trinajstić information content (AvgIpc) is 1.85. The van der Waals surface area contributed by atoms with Crippen LogP contribution in [0.4, 0.5) is 8.78 Å². The molecule has 59 valence electrons. The van der Waals surface area contributed by atoms with Crippen molar-refractivity contribution in [2.75, 3.05) is 0 Å². The molecule has 0 unspecified atom stereocenters. The van der Waals surface area contributed by atoms with Gasteiger partial charge < -0.3 is 0 Å². The summed E-state index contributed by atoms with van der Waals surface area (Å²) in [5, 5.41) is 0. The molecular formula is C9H9F2. The first-order valence-corrected chi connectivity index (χ1v) is 3.37. The molecular weight excluding hydrogens is 146 g/mol. The molecule has 0 atom stereocenters. The number of rotatable bonds is 1. The van der Waals surface area contributed by atoms with Gasteiger partial charge >= 0.3 is 0 Å². The largest absolute Gasteiger partial charge is 0.207 e. The zero-order valence-electron chi connectivity index (χ0n) is 6.49. The lowest BCUT2D eigenvalue weighted by atomic mass is 10.0. The van der Waals surface area contributed by atoms with E-state index in [1.807, 2.05) is 0 Å². The lowest BCUT2D eigenvalue weighted by Gasteiger charge is -2.04. The van der Waals surface area contributed by atoms with Crippen LogP contribution in [0.25, 0.3) is 0 Å². The molecule has 0 N–H and O–H groups in total. The molecule has 0 saturated heterocycles. The van der Waals surface area contributed by atoms with Crippen molar-refractivity contribution in [3.63, 3.8) is 0 Å². The molecule has 2 heteroatoms. The molecule has 0 aromatic heterocycles. The smallest absolute Gasteiger partial charge is 0.129 e. The second-order valence-electron chi connectivity index (χ2n) is 2.62. The second kappa shape index (κ2) is 2.99. The van der Waals surface area contributed by atoms with Crippen molar-refractivity contribution in [3.05, 3.63) is 41.3 Å². The fourth-order valence-electron chi connectivity index (χ4n) is 0.895. The number of halogens is 2. The molecule has 0 nitrogen and oxygen atoms in total. The molecule has 0 spiro atoms. The van der Waals surface area contributed by atoms with E-state index < -0.39 is 11.6 Å². The Morgan fingerprint density at radius 1 is 1.18 bits per heavy atom. The molecule has 0 heterocycles. The maximum absolute atomic E-state index is 12.8. The number of benzene rings is 1. The van der Waals surface area contributed by atoms with E-state index in [4.69, 9.17) is 0 Å². The summed E-state index contributed by atoms with van der Waals surface area (Å²) >= 11 is 0. The summed E-state index contributed by atoms with van der Waals surface area (Å²) in [6, 6.07) is 3.59. The molecule has 1 radical (unpaired) electrons. The van der Waals surface area contributed by atoms with Gasteiger partial charge in [-0.3, -0.25) is 0 Å². The maximum atomic E-state index is 12.8. The van der Waals surface area contributed by atoms with Crippen molar-refractivity contribution >= 4 is 0 Å². The molecule has 0 amide bonds. The Balaban J connectivity index is 3.09. The Kier molecular flexibility index (Phi) is 2.22. The molecule has 0 aliphatic carbocycles. The summed E-state index contributed by atoms with van der Waals surface area (Å²) in [4.78, 5) is 0. The van der Waals surface area contributed by atoms with Crippen LogP contribution in [-0.4, -0.2) is 0 Å². The molecule has 0 aliphatic rings. The standard InChI is InChI=1S/C9H9F2/c1-6(2)8-4-3-7(10)5-9(8)11/h3-5H,1-2H3. The van der Waals surface area contributed by atoms with Crippen molar-refractivity contribution < 1.29 is 8.78 Å². The zero-order chi connectivity index (χ0) is 8.43. The minimum Gasteiger partial charge on any atom is -0.207 e. The summed E-state index contributed by atoms with van der Waals surface area (Å²) < 4.78 is 25.2. The fraction of sp³-hybridized carbons (Fsp3) is 0.222. The van der Waals surface area contributed by atoms with Crippen molar-refractivity contribution in [3.8, 4) is 0 Å². The second-order valence-corrected chi connectivity index (χ2v) is 2.62. The van der Waals surface area contributed by atoms with Gasteiger partial charge in [0, 0.05) is 12.0 Å². The fourth-order valence-corrected chi connectivity index (χ4v) is 0.895. The highest BCUT2D eigenvalue weighted by Gasteiger charge is 2.06. The van der Waals surface area contributed by atoms with Crippen LogP contribution in [0.2, 0.25) is 0 Å². The van der Waals surface area contributed by atoms with Crippen LogP contribution in [0.5, 0.6) is 0 Å². The van der Waals surface area contributed by atoms with Crippen LogP contribution in [0.3, 0.4) is 0 Å². The van der Waals surface area contributed by atoms with Gasteiger partial charge in [-0.25, -0.2) is 8.78 Å². The SMILES string of the molecule is C[C](C)c1ccc(F)cc1F. The van der Waals surface area contributed by atoms with E-state index >= 15 is 0 Å². The van der Waals surface area contributed by atoms with Crippen LogP contribution >= 0.6 is 0 Å². The molecule has 1 aromatic carbocycles. The third-order valence-electron chi connectivity index (χ3n) is 1.47. The van der Waals surface area contributed by atoms with Crippen LogP contribution in [0.1, 0.15) is 19.4 Å². The maximum Gasteiger partial charge on any atom is 0.129 e. The van der Waals surface area contributed by atoms with Gasteiger partial charge in [0.15, 0.2) is 0 Å². The topological polar surface area (TPSA) is 0 Å². The quantitative estimate of drug-likeness (QED) is 0.585. The Hall–Kier alpha value is -0.920. The number of hydrogen-bond acceptors (Lipinski definition) is 0.